The second-order valence-electron chi connectivity index (χ2n) is 4.80. The van der Waals surface area contributed by atoms with Gasteiger partial charge in [0.25, 0.3) is 5.91 Å². The van der Waals surface area contributed by atoms with Crippen LogP contribution in [0.2, 0.25) is 10.0 Å². The molecular formula is C15H15Cl2N3O2. The molecule has 0 radical (unpaired) electrons. The molecule has 1 aromatic carbocycles. The third-order valence-corrected chi connectivity index (χ3v) is 3.31. The molecule has 0 aliphatic rings. The van der Waals surface area contributed by atoms with Crippen LogP contribution in [0.3, 0.4) is 0 Å². The van der Waals surface area contributed by atoms with Gasteiger partial charge in [-0.3, -0.25) is 10.1 Å². The van der Waals surface area contributed by atoms with Gasteiger partial charge in [-0.1, -0.05) is 23.2 Å². The van der Waals surface area contributed by atoms with Crippen LogP contribution in [0.1, 0.15) is 18.3 Å². The molecule has 1 amide bonds. The zero-order valence-electron chi connectivity index (χ0n) is 12.4. The topological polar surface area (TPSA) is 64.1 Å². The van der Waals surface area contributed by atoms with E-state index >= 15 is 0 Å². The Morgan fingerprint density at radius 2 is 1.82 bits per heavy atom. The average molecular weight is 340 g/mol. The molecule has 1 aromatic heterocycles. The molecule has 0 spiro atoms. The molecule has 0 bridgehead atoms. The number of carbonyl (C=O) groups excluding carboxylic acids is 1. The summed E-state index contributed by atoms with van der Waals surface area (Å²) in [7, 11) is 0. The van der Waals surface area contributed by atoms with Crippen LogP contribution in [0.5, 0.6) is 5.75 Å². The third-order valence-electron chi connectivity index (χ3n) is 2.78. The van der Waals surface area contributed by atoms with Crippen LogP contribution in [-0.2, 0) is 4.79 Å². The highest BCUT2D eigenvalue weighted by Crippen LogP contribution is 2.28. The summed E-state index contributed by atoms with van der Waals surface area (Å²) < 4.78 is 5.54. The summed E-state index contributed by atoms with van der Waals surface area (Å²) in [4.78, 5) is 20.4. The smallest absolute Gasteiger partial charge is 0.267 e. The van der Waals surface area contributed by atoms with E-state index in [2.05, 4.69) is 15.3 Å². The first-order valence-electron chi connectivity index (χ1n) is 6.60. The lowest BCUT2D eigenvalue weighted by molar-refractivity contribution is -0.122. The molecule has 22 heavy (non-hydrogen) atoms. The zero-order valence-corrected chi connectivity index (χ0v) is 13.9. The van der Waals surface area contributed by atoms with Gasteiger partial charge in [0.05, 0.1) is 5.02 Å². The molecule has 2 aromatic rings. The van der Waals surface area contributed by atoms with Gasteiger partial charge >= 0.3 is 0 Å². The minimum atomic E-state index is -0.761. The maximum atomic E-state index is 12.1. The van der Waals surface area contributed by atoms with E-state index < -0.39 is 6.10 Å². The molecule has 0 unspecified atom stereocenters. The Morgan fingerprint density at radius 1 is 1.18 bits per heavy atom. The minimum Gasteiger partial charge on any atom is -0.479 e. The van der Waals surface area contributed by atoms with Crippen molar-refractivity contribution in [2.75, 3.05) is 5.32 Å². The van der Waals surface area contributed by atoms with E-state index in [1.165, 1.54) is 0 Å². The van der Waals surface area contributed by atoms with E-state index in [1.807, 2.05) is 19.9 Å². The van der Waals surface area contributed by atoms with E-state index in [4.69, 9.17) is 27.9 Å². The lowest BCUT2D eigenvalue weighted by Crippen LogP contribution is -2.31. The van der Waals surface area contributed by atoms with Crippen molar-refractivity contribution in [1.29, 1.82) is 0 Å². The Kier molecular flexibility index (Phi) is 5.21. The maximum absolute atomic E-state index is 12.1. The molecule has 2 rings (SSSR count). The fourth-order valence-electron chi connectivity index (χ4n) is 1.81. The number of nitrogens with one attached hydrogen (secondary N) is 1. The first-order chi connectivity index (χ1) is 10.3. The lowest BCUT2D eigenvalue weighted by atomic mass is 10.3. The van der Waals surface area contributed by atoms with Gasteiger partial charge in [-0.15, -0.1) is 0 Å². The van der Waals surface area contributed by atoms with Crippen LogP contribution >= 0.6 is 23.2 Å². The molecule has 1 atom stereocenters. The fraction of sp³-hybridized carbons (Fsp3) is 0.267. The number of anilines is 1. The van der Waals surface area contributed by atoms with Crippen molar-refractivity contribution in [3.8, 4) is 5.75 Å². The highest BCUT2D eigenvalue weighted by Gasteiger charge is 2.17. The summed E-state index contributed by atoms with van der Waals surface area (Å²) in [5.41, 5.74) is 1.55. The summed E-state index contributed by atoms with van der Waals surface area (Å²) in [5, 5.41) is 3.46. The van der Waals surface area contributed by atoms with Gasteiger partial charge in [0.15, 0.2) is 6.10 Å². The quantitative estimate of drug-likeness (QED) is 0.919. The number of halogens is 2. The summed E-state index contributed by atoms with van der Waals surface area (Å²) >= 11 is 11.8. The van der Waals surface area contributed by atoms with Gasteiger partial charge in [0.1, 0.15) is 5.75 Å². The van der Waals surface area contributed by atoms with Crippen LogP contribution in [0.4, 0.5) is 5.95 Å². The van der Waals surface area contributed by atoms with E-state index in [0.717, 1.165) is 11.4 Å². The van der Waals surface area contributed by atoms with Crippen molar-refractivity contribution in [2.45, 2.75) is 26.9 Å². The monoisotopic (exact) mass is 339 g/mol. The number of aryl methyl sites for hydroxylation is 2. The van der Waals surface area contributed by atoms with E-state index in [0.29, 0.717) is 15.8 Å². The first kappa shape index (κ1) is 16.5. The van der Waals surface area contributed by atoms with Crippen molar-refractivity contribution in [2.24, 2.45) is 0 Å². The van der Waals surface area contributed by atoms with E-state index in [9.17, 15) is 4.79 Å². The largest absolute Gasteiger partial charge is 0.479 e. The zero-order chi connectivity index (χ0) is 16.3. The molecule has 0 aliphatic carbocycles. The number of nitrogens with zero attached hydrogens (tertiary/aromatic N) is 2. The molecule has 1 heterocycles. The Morgan fingerprint density at radius 3 is 2.41 bits per heavy atom. The van der Waals surface area contributed by atoms with Crippen LogP contribution in [0.15, 0.2) is 24.3 Å². The summed E-state index contributed by atoms with van der Waals surface area (Å²) in [6.07, 6.45) is -0.761. The maximum Gasteiger partial charge on any atom is 0.267 e. The van der Waals surface area contributed by atoms with Gasteiger partial charge in [0.2, 0.25) is 5.95 Å². The fourth-order valence-corrected chi connectivity index (χ4v) is 2.26. The predicted molar refractivity (Wildman–Crippen MR) is 86.7 cm³/mol. The highest BCUT2D eigenvalue weighted by molar-refractivity contribution is 6.35. The van der Waals surface area contributed by atoms with Crippen molar-refractivity contribution in [3.05, 3.63) is 45.7 Å². The van der Waals surface area contributed by atoms with Gasteiger partial charge in [-0.2, -0.15) is 0 Å². The predicted octanol–water partition coefficient (Wildman–Crippen LogP) is 3.81. The third kappa shape index (κ3) is 4.32. The van der Waals surface area contributed by atoms with Crippen LogP contribution < -0.4 is 10.1 Å². The molecule has 116 valence electrons. The van der Waals surface area contributed by atoms with Gasteiger partial charge < -0.3 is 4.74 Å². The Hall–Kier alpha value is -1.85. The number of amides is 1. The Balaban J connectivity index is 2.05. The molecule has 0 saturated carbocycles. The molecule has 7 heteroatoms. The van der Waals surface area contributed by atoms with Gasteiger partial charge in [0, 0.05) is 16.4 Å². The number of benzene rings is 1. The van der Waals surface area contributed by atoms with E-state index in [1.54, 1.807) is 25.1 Å². The molecule has 0 fully saturated rings. The standard InChI is InChI=1S/C15H15Cl2N3O2/c1-8-6-9(2)19-15(18-8)20-14(21)10(3)22-13-5-4-11(16)7-12(13)17/h4-7,10H,1-3H3,(H,18,19,20,21)/t10-/m0/s1. The number of rotatable bonds is 4. The first-order valence-corrected chi connectivity index (χ1v) is 7.35. The second kappa shape index (κ2) is 6.94. The summed E-state index contributed by atoms with van der Waals surface area (Å²) in [5.74, 6) is 0.270. The van der Waals surface area contributed by atoms with Crippen molar-refractivity contribution >= 4 is 35.1 Å². The highest BCUT2D eigenvalue weighted by atomic mass is 35.5. The number of aromatic nitrogens is 2. The molecule has 0 saturated heterocycles. The lowest BCUT2D eigenvalue weighted by Gasteiger charge is -2.15. The van der Waals surface area contributed by atoms with E-state index in [-0.39, 0.29) is 11.9 Å². The van der Waals surface area contributed by atoms with Crippen molar-refractivity contribution in [3.63, 3.8) is 0 Å². The summed E-state index contributed by atoms with van der Waals surface area (Å²) in [6, 6.07) is 6.63. The molecular weight excluding hydrogens is 325 g/mol. The van der Waals surface area contributed by atoms with Gasteiger partial charge in [-0.25, -0.2) is 9.97 Å². The van der Waals surface area contributed by atoms with Crippen molar-refractivity contribution in [1.82, 2.24) is 9.97 Å². The minimum absolute atomic E-state index is 0.250. The van der Waals surface area contributed by atoms with Crippen LogP contribution in [0, 0.1) is 13.8 Å². The summed E-state index contributed by atoms with van der Waals surface area (Å²) in [6.45, 7) is 5.28. The number of hydrogen-bond acceptors (Lipinski definition) is 4. The van der Waals surface area contributed by atoms with Crippen LogP contribution in [-0.4, -0.2) is 22.0 Å². The SMILES string of the molecule is Cc1cc(C)nc(NC(=O)[C@H](C)Oc2ccc(Cl)cc2Cl)n1. The Bertz CT molecular complexity index is 687. The van der Waals surface area contributed by atoms with Gasteiger partial charge in [-0.05, 0) is 45.0 Å². The number of ether oxygens (including phenoxy) is 1. The number of carbonyl (C=O) groups is 1. The molecule has 0 aliphatic heterocycles. The van der Waals surface area contributed by atoms with Crippen LogP contribution in [0.25, 0.3) is 0 Å². The normalized spacial score (nSPS) is 11.9. The Labute approximate surface area is 138 Å². The number of hydrogen-bond donors (Lipinski definition) is 1. The molecule has 1 N–H and O–H groups in total. The van der Waals surface area contributed by atoms with Crippen molar-refractivity contribution < 1.29 is 9.53 Å². The molecule has 5 nitrogen and oxygen atoms in total. The average Bonchev–Trinajstić information content (AvgIpc) is 2.40. The second-order valence-corrected chi connectivity index (χ2v) is 5.64.